The third-order valence-electron chi connectivity index (χ3n) is 2.00. The lowest BCUT2D eigenvalue weighted by Gasteiger charge is -2.15. The van der Waals surface area contributed by atoms with Gasteiger partial charge in [-0.15, -0.1) is 11.3 Å². The molecular weight excluding hydrogens is 211 g/mol. The Hall–Kier alpha value is -1.00. The quantitative estimate of drug-likeness (QED) is 0.851. The zero-order chi connectivity index (χ0) is 11.1. The van der Waals surface area contributed by atoms with Crippen molar-refractivity contribution in [1.82, 2.24) is 4.98 Å². The van der Waals surface area contributed by atoms with Crippen molar-refractivity contribution in [3.05, 3.63) is 29.0 Å². The van der Waals surface area contributed by atoms with Crippen LogP contribution >= 0.6 is 11.3 Å². The van der Waals surface area contributed by atoms with E-state index in [1.165, 1.54) is 12.1 Å². The Morgan fingerprint density at radius 3 is 2.87 bits per heavy atom. The fraction of sp³-hybridized carbons (Fsp3) is 0.364. The van der Waals surface area contributed by atoms with Crippen molar-refractivity contribution in [1.29, 1.82) is 0 Å². The van der Waals surface area contributed by atoms with E-state index in [4.69, 9.17) is 5.73 Å². The minimum absolute atomic E-state index is 0.244. The fourth-order valence-corrected chi connectivity index (χ4v) is 2.60. The molecule has 0 spiro atoms. The third-order valence-corrected chi connectivity index (χ3v) is 3.04. The number of fused-ring (bicyclic) bond motifs is 1. The smallest absolute Gasteiger partial charge is 0.125 e. The molecule has 1 heterocycles. The number of hydrogen-bond acceptors (Lipinski definition) is 3. The van der Waals surface area contributed by atoms with Gasteiger partial charge >= 0.3 is 0 Å². The lowest BCUT2D eigenvalue weighted by molar-refractivity contribution is 0.516. The van der Waals surface area contributed by atoms with Gasteiger partial charge in [-0.2, -0.15) is 0 Å². The molecule has 0 amide bonds. The van der Waals surface area contributed by atoms with Gasteiger partial charge in [0.15, 0.2) is 0 Å². The first-order valence-electron chi connectivity index (χ1n) is 4.78. The maximum atomic E-state index is 12.9. The van der Waals surface area contributed by atoms with E-state index in [-0.39, 0.29) is 11.4 Å². The Kier molecular flexibility index (Phi) is 2.48. The summed E-state index contributed by atoms with van der Waals surface area (Å²) in [4.78, 5) is 4.36. The minimum Gasteiger partial charge on any atom is -0.325 e. The van der Waals surface area contributed by atoms with E-state index in [0.29, 0.717) is 6.42 Å². The van der Waals surface area contributed by atoms with Crippen LogP contribution < -0.4 is 5.73 Å². The van der Waals surface area contributed by atoms with Crippen molar-refractivity contribution < 1.29 is 4.39 Å². The summed E-state index contributed by atoms with van der Waals surface area (Å²) in [6.45, 7) is 3.92. The van der Waals surface area contributed by atoms with Crippen molar-refractivity contribution in [2.24, 2.45) is 5.73 Å². The van der Waals surface area contributed by atoms with Gasteiger partial charge in [0.05, 0.1) is 15.2 Å². The number of rotatable bonds is 2. The summed E-state index contributed by atoms with van der Waals surface area (Å²) in [5, 5.41) is 0.961. The zero-order valence-electron chi connectivity index (χ0n) is 8.75. The number of benzene rings is 1. The maximum absolute atomic E-state index is 12.9. The molecule has 0 aliphatic heterocycles. The summed E-state index contributed by atoms with van der Waals surface area (Å²) in [5.41, 5.74) is 6.36. The SMILES string of the molecule is CC(C)(N)Cc1nc2cc(F)ccc2s1. The summed E-state index contributed by atoms with van der Waals surface area (Å²) < 4.78 is 13.9. The molecule has 2 rings (SSSR count). The van der Waals surface area contributed by atoms with E-state index in [9.17, 15) is 4.39 Å². The summed E-state index contributed by atoms with van der Waals surface area (Å²) in [5.74, 6) is -0.244. The van der Waals surface area contributed by atoms with E-state index in [0.717, 1.165) is 15.2 Å². The van der Waals surface area contributed by atoms with Crippen LogP contribution in [0.3, 0.4) is 0 Å². The first-order valence-corrected chi connectivity index (χ1v) is 5.59. The molecule has 0 saturated carbocycles. The van der Waals surface area contributed by atoms with Crippen LogP contribution in [0.5, 0.6) is 0 Å². The van der Waals surface area contributed by atoms with Crippen molar-refractivity contribution >= 4 is 21.6 Å². The molecule has 0 fully saturated rings. The molecule has 15 heavy (non-hydrogen) atoms. The monoisotopic (exact) mass is 224 g/mol. The van der Waals surface area contributed by atoms with E-state index >= 15 is 0 Å². The highest BCUT2D eigenvalue weighted by Crippen LogP contribution is 2.24. The number of hydrogen-bond donors (Lipinski definition) is 1. The number of nitrogens with two attached hydrogens (primary N) is 1. The van der Waals surface area contributed by atoms with Gasteiger partial charge in [0.1, 0.15) is 5.82 Å². The summed E-state index contributed by atoms with van der Waals surface area (Å²) in [6.07, 6.45) is 0.716. The molecule has 1 aromatic heterocycles. The molecule has 0 bridgehead atoms. The summed E-state index contributed by atoms with van der Waals surface area (Å²) >= 11 is 1.58. The van der Waals surface area contributed by atoms with Crippen LogP contribution in [-0.4, -0.2) is 10.5 Å². The molecule has 1 aromatic carbocycles. The number of nitrogens with zero attached hydrogens (tertiary/aromatic N) is 1. The predicted molar refractivity (Wildman–Crippen MR) is 61.5 cm³/mol. The molecule has 2 N–H and O–H groups in total. The van der Waals surface area contributed by atoms with Gasteiger partial charge in [-0.1, -0.05) is 0 Å². The van der Waals surface area contributed by atoms with Gasteiger partial charge in [0.2, 0.25) is 0 Å². The van der Waals surface area contributed by atoms with Crippen molar-refractivity contribution in [2.75, 3.05) is 0 Å². The largest absolute Gasteiger partial charge is 0.325 e. The lowest BCUT2D eigenvalue weighted by atomic mass is 10.0. The Labute approximate surface area is 91.9 Å². The highest BCUT2D eigenvalue weighted by molar-refractivity contribution is 7.18. The van der Waals surface area contributed by atoms with Crippen LogP contribution in [0.25, 0.3) is 10.2 Å². The van der Waals surface area contributed by atoms with Gasteiger partial charge in [-0.05, 0) is 26.0 Å². The Morgan fingerprint density at radius 1 is 1.47 bits per heavy atom. The topological polar surface area (TPSA) is 38.9 Å². The average Bonchev–Trinajstić information content (AvgIpc) is 2.42. The van der Waals surface area contributed by atoms with Crippen LogP contribution in [0, 0.1) is 5.82 Å². The lowest BCUT2D eigenvalue weighted by Crippen LogP contribution is -2.34. The normalized spacial score (nSPS) is 12.3. The standard InChI is InChI=1S/C11H13FN2S/c1-11(2,13)6-10-14-8-5-7(12)3-4-9(8)15-10/h3-5H,6,13H2,1-2H3. The second-order valence-corrected chi connectivity index (χ2v) is 5.50. The number of halogens is 1. The van der Waals surface area contributed by atoms with Gasteiger partial charge in [-0.25, -0.2) is 9.37 Å². The molecule has 0 radical (unpaired) electrons. The molecule has 0 atom stereocenters. The highest BCUT2D eigenvalue weighted by Gasteiger charge is 2.15. The third kappa shape index (κ3) is 2.52. The van der Waals surface area contributed by atoms with Crippen LogP contribution in [-0.2, 0) is 6.42 Å². The van der Waals surface area contributed by atoms with Crippen LogP contribution in [0.1, 0.15) is 18.9 Å². The summed E-state index contributed by atoms with van der Waals surface area (Å²) in [6, 6.07) is 4.67. The molecule has 0 aliphatic rings. The van der Waals surface area contributed by atoms with Crippen molar-refractivity contribution in [3.63, 3.8) is 0 Å². The molecule has 80 valence electrons. The second kappa shape index (κ2) is 3.54. The van der Waals surface area contributed by atoms with Crippen LogP contribution in [0.2, 0.25) is 0 Å². The van der Waals surface area contributed by atoms with Gasteiger partial charge < -0.3 is 5.73 Å². The molecule has 0 aliphatic carbocycles. The first kappa shape index (κ1) is 10.5. The number of thiazole rings is 1. The van der Waals surface area contributed by atoms with E-state index < -0.39 is 0 Å². The van der Waals surface area contributed by atoms with Crippen molar-refractivity contribution in [3.8, 4) is 0 Å². The first-order chi connectivity index (χ1) is 6.94. The number of aromatic nitrogens is 1. The molecule has 2 nitrogen and oxygen atoms in total. The molecule has 0 saturated heterocycles. The fourth-order valence-electron chi connectivity index (χ4n) is 1.41. The van der Waals surface area contributed by atoms with Crippen LogP contribution in [0.4, 0.5) is 4.39 Å². The Bertz CT molecular complexity index is 485. The zero-order valence-corrected chi connectivity index (χ0v) is 9.57. The van der Waals surface area contributed by atoms with Crippen LogP contribution in [0.15, 0.2) is 18.2 Å². The highest BCUT2D eigenvalue weighted by atomic mass is 32.1. The van der Waals surface area contributed by atoms with E-state index in [1.807, 2.05) is 13.8 Å². The van der Waals surface area contributed by atoms with Gasteiger partial charge in [0, 0.05) is 18.0 Å². The van der Waals surface area contributed by atoms with E-state index in [2.05, 4.69) is 4.98 Å². The minimum atomic E-state index is -0.271. The second-order valence-electron chi connectivity index (χ2n) is 4.39. The molecule has 0 unspecified atom stereocenters. The van der Waals surface area contributed by atoms with E-state index in [1.54, 1.807) is 17.4 Å². The van der Waals surface area contributed by atoms with Crippen molar-refractivity contribution in [2.45, 2.75) is 25.8 Å². The van der Waals surface area contributed by atoms with Gasteiger partial charge in [-0.3, -0.25) is 0 Å². The maximum Gasteiger partial charge on any atom is 0.125 e. The molecular formula is C11H13FN2S. The van der Waals surface area contributed by atoms with Gasteiger partial charge in [0.25, 0.3) is 0 Å². The molecule has 4 heteroatoms. The summed E-state index contributed by atoms with van der Waals surface area (Å²) in [7, 11) is 0. The predicted octanol–water partition coefficient (Wildman–Crippen LogP) is 2.72. The Balaban J connectivity index is 2.39. The molecule has 2 aromatic rings. The Morgan fingerprint density at radius 2 is 2.20 bits per heavy atom. The average molecular weight is 224 g/mol.